The van der Waals surface area contributed by atoms with Crippen LogP contribution in [0.25, 0.3) is 0 Å². The Morgan fingerprint density at radius 1 is 0.850 bits per heavy atom. The Balaban J connectivity index is 5.45. The van der Waals surface area contributed by atoms with Crippen LogP contribution >= 0.6 is 22.6 Å². The summed E-state index contributed by atoms with van der Waals surface area (Å²) in [5, 5.41) is 0. The van der Waals surface area contributed by atoms with E-state index in [2.05, 4.69) is 0 Å². The lowest BCUT2D eigenvalue weighted by molar-refractivity contribution is -0.384. The van der Waals surface area contributed by atoms with Gasteiger partial charge < -0.3 is 0 Å². The van der Waals surface area contributed by atoms with E-state index in [1.807, 2.05) is 0 Å². The number of unbranched alkanes of at least 4 members (excludes halogenated alkanes) is 1. The molecule has 0 nitrogen and oxygen atoms in total. The van der Waals surface area contributed by atoms with Crippen molar-refractivity contribution in [3.8, 4) is 0 Å². The molecule has 20 heavy (non-hydrogen) atoms. The second-order valence-corrected chi connectivity index (χ2v) is 6.08. The molecule has 0 aromatic rings. The van der Waals surface area contributed by atoms with Gasteiger partial charge in [0.25, 0.3) is 5.67 Å². The molecule has 0 N–H and O–H groups in total. The molecule has 0 aliphatic carbocycles. The molecular formula is C10H12F9I. The number of rotatable bonds is 6. The van der Waals surface area contributed by atoms with Gasteiger partial charge in [-0.15, -0.1) is 0 Å². The molecule has 0 heterocycles. The third kappa shape index (κ3) is 4.06. The topological polar surface area (TPSA) is 0 Å². The summed E-state index contributed by atoms with van der Waals surface area (Å²) >= 11 is 1.26. The van der Waals surface area contributed by atoms with Gasteiger partial charge in [-0.2, -0.15) is 35.1 Å². The Bertz CT molecular complexity index is 309. The van der Waals surface area contributed by atoms with Crippen LogP contribution in [0.2, 0.25) is 0 Å². The molecule has 0 amide bonds. The van der Waals surface area contributed by atoms with E-state index < -0.39 is 34.3 Å². The average Bonchev–Trinajstić information content (AvgIpc) is 2.22. The van der Waals surface area contributed by atoms with E-state index in [4.69, 9.17) is 0 Å². The fraction of sp³-hybridized carbons (Fsp3) is 1.00. The Hall–Kier alpha value is 0.1000. The molecule has 0 saturated carbocycles. The first-order valence-corrected chi connectivity index (χ1v) is 6.79. The SMILES string of the molecule is CCCC[C@H](I)C[C@](F)(C(F)(F)F)C(F)(F)C(F)(F)F. The van der Waals surface area contributed by atoms with Gasteiger partial charge in [0.1, 0.15) is 0 Å². The van der Waals surface area contributed by atoms with Crippen LogP contribution in [0, 0.1) is 0 Å². The van der Waals surface area contributed by atoms with Gasteiger partial charge in [-0.25, -0.2) is 4.39 Å². The molecule has 0 radical (unpaired) electrons. The van der Waals surface area contributed by atoms with Crippen molar-refractivity contribution >= 4 is 22.6 Å². The van der Waals surface area contributed by atoms with E-state index in [0.717, 1.165) is 0 Å². The Kier molecular flexibility index (Phi) is 6.50. The highest BCUT2D eigenvalue weighted by Gasteiger charge is 2.80. The van der Waals surface area contributed by atoms with Crippen molar-refractivity contribution in [2.75, 3.05) is 0 Å². The minimum atomic E-state index is -6.61. The lowest BCUT2D eigenvalue weighted by Crippen LogP contribution is -2.62. The van der Waals surface area contributed by atoms with Crippen LogP contribution in [0.5, 0.6) is 0 Å². The van der Waals surface area contributed by atoms with Crippen molar-refractivity contribution in [3.05, 3.63) is 0 Å². The summed E-state index contributed by atoms with van der Waals surface area (Å²) < 4.78 is 112. The van der Waals surface area contributed by atoms with Crippen molar-refractivity contribution in [1.82, 2.24) is 0 Å². The van der Waals surface area contributed by atoms with Crippen LogP contribution in [-0.4, -0.2) is 27.9 Å². The van der Waals surface area contributed by atoms with Crippen LogP contribution < -0.4 is 0 Å². The highest BCUT2D eigenvalue weighted by atomic mass is 127. The zero-order chi connectivity index (χ0) is 16.4. The first kappa shape index (κ1) is 20.1. The summed E-state index contributed by atoms with van der Waals surface area (Å²) in [6, 6.07) is 0. The summed E-state index contributed by atoms with van der Waals surface area (Å²) in [5.41, 5.74) is -5.63. The van der Waals surface area contributed by atoms with Gasteiger partial charge in [0, 0.05) is 10.3 Å². The van der Waals surface area contributed by atoms with Gasteiger partial charge in [0.05, 0.1) is 0 Å². The fourth-order valence-corrected chi connectivity index (χ4v) is 2.53. The number of hydrogen-bond acceptors (Lipinski definition) is 0. The maximum absolute atomic E-state index is 13.7. The predicted molar refractivity (Wildman–Crippen MR) is 62.8 cm³/mol. The molecule has 0 saturated heterocycles. The zero-order valence-corrected chi connectivity index (χ0v) is 12.3. The lowest BCUT2D eigenvalue weighted by Gasteiger charge is -2.37. The largest absolute Gasteiger partial charge is 0.457 e. The van der Waals surface area contributed by atoms with E-state index in [0.29, 0.717) is 12.8 Å². The molecule has 0 unspecified atom stereocenters. The first-order chi connectivity index (χ1) is 8.70. The quantitative estimate of drug-likeness (QED) is 0.282. The number of halogens is 10. The van der Waals surface area contributed by atoms with E-state index in [1.165, 1.54) is 22.6 Å². The summed E-state index contributed by atoms with van der Waals surface area (Å²) in [5.74, 6) is -6.49. The summed E-state index contributed by atoms with van der Waals surface area (Å²) in [6.45, 7) is 1.65. The van der Waals surface area contributed by atoms with Crippen LogP contribution in [0.3, 0.4) is 0 Å². The van der Waals surface area contributed by atoms with Gasteiger partial charge >= 0.3 is 18.3 Å². The van der Waals surface area contributed by atoms with Crippen molar-refractivity contribution in [3.63, 3.8) is 0 Å². The van der Waals surface area contributed by atoms with Crippen LogP contribution in [0.15, 0.2) is 0 Å². The molecule has 0 aliphatic heterocycles. The monoisotopic (exact) mass is 430 g/mol. The first-order valence-electron chi connectivity index (χ1n) is 5.55. The highest BCUT2D eigenvalue weighted by Crippen LogP contribution is 2.55. The fourth-order valence-electron chi connectivity index (χ4n) is 1.48. The summed E-state index contributed by atoms with van der Waals surface area (Å²) in [4.78, 5) is 0. The maximum atomic E-state index is 13.7. The second-order valence-electron chi connectivity index (χ2n) is 4.31. The van der Waals surface area contributed by atoms with Gasteiger partial charge in [0.15, 0.2) is 0 Å². The molecule has 10 heteroatoms. The summed E-state index contributed by atoms with van der Waals surface area (Å²) in [6.07, 6.45) is -14.1. The Labute approximate surface area is 123 Å². The van der Waals surface area contributed by atoms with Crippen molar-refractivity contribution in [1.29, 1.82) is 0 Å². The molecule has 0 aromatic heterocycles. The third-order valence-electron chi connectivity index (χ3n) is 2.68. The minimum Gasteiger partial charge on any atom is -0.227 e. The van der Waals surface area contributed by atoms with Crippen molar-refractivity contribution in [2.24, 2.45) is 0 Å². The second kappa shape index (κ2) is 6.47. The third-order valence-corrected chi connectivity index (χ3v) is 3.74. The van der Waals surface area contributed by atoms with Crippen LogP contribution in [0.4, 0.5) is 39.5 Å². The highest BCUT2D eigenvalue weighted by molar-refractivity contribution is 14.1. The van der Waals surface area contributed by atoms with E-state index in [-0.39, 0.29) is 6.42 Å². The zero-order valence-electron chi connectivity index (χ0n) is 10.2. The van der Waals surface area contributed by atoms with E-state index in [1.54, 1.807) is 6.92 Å². The molecule has 0 bridgehead atoms. The number of alkyl halides is 10. The van der Waals surface area contributed by atoms with Gasteiger partial charge in [0.2, 0.25) is 0 Å². The van der Waals surface area contributed by atoms with Crippen molar-refractivity contribution in [2.45, 2.75) is 60.5 Å². The predicted octanol–water partition coefficient (Wildman–Crippen LogP) is 5.84. The van der Waals surface area contributed by atoms with E-state index in [9.17, 15) is 39.5 Å². The molecule has 0 aliphatic rings. The Morgan fingerprint density at radius 2 is 1.30 bits per heavy atom. The average molecular weight is 430 g/mol. The van der Waals surface area contributed by atoms with E-state index >= 15 is 0 Å². The molecule has 0 spiro atoms. The normalized spacial score (nSPS) is 18.8. The molecule has 122 valence electrons. The van der Waals surface area contributed by atoms with Crippen LogP contribution in [-0.2, 0) is 0 Å². The standard InChI is InChI=1S/C10H12F9I/c1-2-3-4-6(20)5-7(11,9(14,15)16)8(12,13)10(17,18)19/h6H,2-5H2,1H3/t6-,7+/m0/s1. The van der Waals surface area contributed by atoms with Gasteiger partial charge in [-0.3, -0.25) is 0 Å². The summed E-state index contributed by atoms with van der Waals surface area (Å²) in [7, 11) is 0. The van der Waals surface area contributed by atoms with Gasteiger partial charge in [-0.1, -0.05) is 42.4 Å². The van der Waals surface area contributed by atoms with Gasteiger partial charge in [-0.05, 0) is 6.42 Å². The number of hydrogen-bond donors (Lipinski definition) is 0. The van der Waals surface area contributed by atoms with Crippen LogP contribution in [0.1, 0.15) is 32.6 Å². The minimum absolute atomic E-state index is 0.0766. The smallest absolute Gasteiger partial charge is 0.227 e. The molecule has 0 fully saturated rings. The molecule has 2 atom stereocenters. The molecule has 0 aromatic carbocycles. The van der Waals surface area contributed by atoms with Crippen molar-refractivity contribution < 1.29 is 39.5 Å². The maximum Gasteiger partial charge on any atom is 0.457 e. The molecular weight excluding hydrogens is 418 g/mol. The molecule has 0 rings (SSSR count). The lowest BCUT2D eigenvalue weighted by atomic mass is 9.89. The Morgan fingerprint density at radius 3 is 1.60 bits per heavy atom.